The van der Waals surface area contributed by atoms with Gasteiger partial charge in [0.25, 0.3) is 5.56 Å². The fourth-order valence-electron chi connectivity index (χ4n) is 2.75. The quantitative estimate of drug-likeness (QED) is 0.870. The molecule has 0 bridgehead atoms. The van der Waals surface area contributed by atoms with Crippen LogP contribution in [0.4, 0.5) is 5.82 Å². The lowest BCUT2D eigenvalue weighted by molar-refractivity contribution is 0.310. The van der Waals surface area contributed by atoms with Crippen molar-refractivity contribution in [3.63, 3.8) is 0 Å². The van der Waals surface area contributed by atoms with Crippen LogP contribution in [0, 0.1) is 0 Å². The van der Waals surface area contributed by atoms with Gasteiger partial charge in [-0.1, -0.05) is 24.3 Å². The van der Waals surface area contributed by atoms with Crippen LogP contribution in [0.5, 0.6) is 5.88 Å². The van der Waals surface area contributed by atoms with E-state index in [2.05, 4.69) is 16.4 Å². The molecule has 116 valence electrons. The molecule has 6 heteroatoms. The van der Waals surface area contributed by atoms with Gasteiger partial charge in [-0.15, -0.1) is 0 Å². The molecule has 2 aromatic rings. The van der Waals surface area contributed by atoms with E-state index in [0.717, 1.165) is 17.7 Å². The summed E-state index contributed by atoms with van der Waals surface area (Å²) in [4.78, 5) is 16.9. The predicted octanol–water partition coefficient (Wildman–Crippen LogP) is 1.27. The zero-order chi connectivity index (χ0) is 15.5. The summed E-state index contributed by atoms with van der Waals surface area (Å²) >= 11 is 0. The van der Waals surface area contributed by atoms with Gasteiger partial charge < -0.3 is 19.7 Å². The topological polar surface area (TPSA) is 76.4 Å². The Kier molecular flexibility index (Phi) is 4.11. The third-order valence-electron chi connectivity index (χ3n) is 3.70. The molecule has 1 aliphatic heterocycles. The van der Waals surface area contributed by atoms with Crippen LogP contribution < -0.4 is 15.6 Å². The minimum absolute atomic E-state index is 0.0598. The average Bonchev–Trinajstić information content (AvgIpc) is 2.55. The Balaban J connectivity index is 2.19. The first-order valence-electron chi connectivity index (χ1n) is 7.47. The molecule has 0 fully saturated rings. The molecule has 1 aliphatic rings. The lowest BCUT2D eigenvalue weighted by Crippen LogP contribution is -2.31. The van der Waals surface area contributed by atoms with Crippen LogP contribution in [-0.4, -0.2) is 34.4 Å². The van der Waals surface area contributed by atoms with Crippen molar-refractivity contribution in [2.24, 2.45) is 0 Å². The maximum Gasteiger partial charge on any atom is 0.294 e. The van der Waals surface area contributed by atoms with E-state index < -0.39 is 0 Å². The number of aromatic nitrogens is 2. The number of rotatable bonds is 5. The molecular formula is C16H19N3O3. The maximum absolute atomic E-state index is 12.6. The first kappa shape index (κ1) is 14.6. The minimum atomic E-state index is -0.179. The second-order valence-electron chi connectivity index (χ2n) is 5.06. The smallest absolute Gasteiger partial charge is 0.294 e. The Labute approximate surface area is 128 Å². The van der Waals surface area contributed by atoms with Crippen molar-refractivity contribution in [1.82, 2.24) is 9.55 Å². The van der Waals surface area contributed by atoms with E-state index in [9.17, 15) is 4.79 Å². The van der Waals surface area contributed by atoms with Gasteiger partial charge in [0.15, 0.2) is 5.82 Å². The van der Waals surface area contributed by atoms with Crippen molar-refractivity contribution in [2.45, 2.75) is 19.9 Å². The van der Waals surface area contributed by atoms with Crippen LogP contribution >= 0.6 is 0 Å². The van der Waals surface area contributed by atoms with E-state index in [0.29, 0.717) is 19.0 Å². The molecule has 3 rings (SSSR count). The zero-order valence-corrected chi connectivity index (χ0v) is 12.5. The Hall–Kier alpha value is -2.34. The van der Waals surface area contributed by atoms with Gasteiger partial charge in [-0.25, -0.2) is 0 Å². The predicted molar refractivity (Wildman–Crippen MR) is 84.4 cm³/mol. The molecule has 22 heavy (non-hydrogen) atoms. The number of benzene rings is 1. The first-order valence-corrected chi connectivity index (χ1v) is 7.47. The molecule has 6 nitrogen and oxygen atoms in total. The standard InChI is InChI=1S/C16H19N3O3/c1-2-22-15-13-12-6-4-3-5-11(12)7-9-19(13)16(21)14(18-15)17-8-10-20/h3-6,20H,2,7-10H2,1H3,(H,17,18). The molecule has 0 saturated carbocycles. The van der Waals surface area contributed by atoms with Gasteiger partial charge in [0.2, 0.25) is 5.88 Å². The Morgan fingerprint density at radius 2 is 2.23 bits per heavy atom. The SMILES string of the molecule is CCOc1nc(NCCO)c(=O)n2c1-c1ccccc1CC2. The van der Waals surface area contributed by atoms with E-state index in [-0.39, 0.29) is 24.5 Å². The summed E-state index contributed by atoms with van der Waals surface area (Å²) in [5.41, 5.74) is 2.75. The van der Waals surface area contributed by atoms with E-state index in [1.165, 1.54) is 5.56 Å². The molecule has 0 atom stereocenters. The molecule has 0 radical (unpaired) electrons. The highest BCUT2D eigenvalue weighted by molar-refractivity contribution is 5.71. The van der Waals surface area contributed by atoms with Gasteiger partial charge in [-0.3, -0.25) is 4.79 Å². The van der Waals surface area contributed by atoms with Crippen LogP contribution in [0.25, 0.3) is 11.3 Å². The molecule has 0 amide bonds. The summed E-state index contributed by atoms with van der Waals surface area (Å²) < 4.78 is 7.37. The van der Waals surface area contributed by atoms with Crippen LogP contribution in [0.3, 0.4) is 0 Å². The maximum atomic E-state index is 12.6. The molecule has 1 aromatic carbocycles. The highest BCUT2D eigenvalue weighted by Crippen LogP contribution is 2.34. The number of fused-ring (bicyclic) bond motifs is 3. The largest absolute Gasteiger partial charge is 0.476 e. The molecule has 0 aliphatic carbocycles. The van der Waals surface area contributed by atoms with E-state index >= 15 is 0 Å². The van der Waals surface area contributed by atoms with E-state index in [1.54, 1.807) is 4.57 Å². The van der Waals surface area contributed by atoms with Crippen LogP contribution in [0.1, 0.15) is 12.5 Å². The number of aliphatic hydroxyl groups excluding tert-OH is 1. The molecule has 0 unspecified atom stereocenters. The highest BCUT2D eigenvalue weighted by Gasteiger charge is 2.24. The van der Waals surface area contributed by atoms with Crippen molar-refractivity contribution < 1.29 is 9.84 Å². The van der Waals surface area contributed by atoms with Crippen molar-refractivity contribution in [2.75, 3.05) is 25.1 Å². The monoisotopic (exact) mass is 301 g/mol. The summed E-state index contributed by atoms with van der Waals surface area (Å²) in [5.74, 6) is 0.676. The third kappa shape index (κ3) is 2.46. The third-order valence-corrected chi connectivity index (χ3v) is 3.70. The normalized spacial score (nSPS) is 12.5. The molecule has 0 saturated heterocycles. The number of ether oxygens (including phenoxy) is 1. The fraction of sp³-hybridized carbons (Fsp3) is 0.375. The second kappa shape index (κ2) is 6.19. The number of hydrogen-bond donors (Lipinski definition) is 2. The van der Waals surface area contributed by atoms with Crippen molar-refractivity contribution in [1.29, 1.82) is 0 Å². The summed E-state index contributed by atoms with van der Waals surface area (Å²) in [6, 6.07) is 8.01. The summed E-state index contributed by atoms with van der Waals surface area (Å²) in [6.45, 7) is 3.18. The minimum Gasteiger partial charge on any atom is -0.476 e. The molecule has 1 aromatic heterocycles. The molecule has 2 heterocycles. The number of aliphatic hydroxyl groups is 1. The number of hydrogen-bond acceptors (Lipinski definition) is 5. The van der Waals surface area contributed by atoms with Crippen molar-refractivity contribution >= 4 is 5.82 Å². The summed E-state index contributed by atoms with van der Waals surface area (Å²) in [6.07, 6.45) is 0.804. The Morgan fingerprint density at radius 1 is 1.41 bits per heavy atom. The van der Waals surface area contributed by atoms with Crippen LogP contribution in [-0.2, 0) is 13.0 Å². The molecule has 2 N–H and O–H groups in total. The van der Waals surface area contributed by atoms with Gasteiger partial charge in [0.05, 0.1) is 13.2 Å². The number of nitrogens with one attached hydrogen (secondary N) is 1. The van der Waals surface area contributed by atoms with Gasteiger partial charge >= 0.3 is 0 Å². The zero-order valence-electron chi connectivity index (χ0n) is 12.5. The van der Waals surface area contributed by atoms with E-state index in [4.69, 9.17) is 9.84 Å². The number of anilines is 1. The summed E-state index contributed by atoms with van der Waals surface area (Å²) in [7, 11) is 0. The Bertz CT molecular complexity index is 740. The Morgan fingerprint density at radius 3 is 3.00 bits per heavy atom. The fourth-order valence-corrected chi connectivity index (χ4v) is 2.75. The van der Waals surface area contributed by atoms with Crippen LogP contribution in [0.2, 0.25) is 0 Å². The lowest BCUT2D eigenvalue weighted by atomic mass is 9.98. The molecular weight excluding hydrogens is 282 g/mol. The van der Waals surface area contributed by atoms with Crippen molar-refractivity contribution in [3.05, 3.63) is 40.2 Å². The lowest BCUT2D eigenvalue weighted by Gasteiger charge is -2.24. The summed E-state index contributed by atoms with van der Waals surface area (Å²) in [5, 5.41) is 11.8. The van der Waals surface area contributed by atoms with Gasteiger partial charge in [0, 0.05) is 18.7 Å². The number of nitrogens with zero attached hydrogens (tertiary/aromatic N) is 2. The second-order valence-corrected chi connectivity index (χ2v) is 5.06. The average molecular weight is 301 g/mol. The van der Waals surface area contributed by atoms with Gasteiger partial charge in [-0.05, 0) is 18.9 Å². The van der Waals surface area contributed by atoms with E-state index in [1.807, 2.05) is 25.1 Å². The molecule has 0 spiro atoms. The number of aryl methyl sites for hydroxylation is 1. The van der Waals surface area contributed by atoms with Crippen LogP contribution in [0.15, 0.2) is 29.1 Å². The first-order chi connectivity index (χ1) is 10.8. The van der Waals surface area contributed by atoms with Gasteiger partial charge in [0.1, 0.15) is 5.69 Å². The highest BCUT2D eigenvalue weighted by atomic mass is 16.5. The van der Waals surface area contributed by atoms with Gasteiger partial charge in [-0.2, -0.15) is 4.98 Å². The van der Waals surface area contributed by atoms with Crippen molar-refractivity contribution in [3.8, 4) is 17.1 Å².